The van der Waals surface area contributed by atoms with E-state index in [0.29, 0.717) is 13.0 Å². The molecule has 0 bridgehead atoms. The van der Waals surface area contributed by atoms with E-state index in [1.165, 1.54) is 0 Å². The molecular formula is C16H17NO3. The molecule has 104 valence electrons. The maximum atomic E-state index is 10.7. The lowest BCUT2D eigenvalue weighted by Gasteiger charge is -2.09. The molecule has 0 fully saturated rings. The number of hydrogen-bond donors (Lipinski definition) is 0. The first-order valence-electron chi connectivity index (χ1n) is 6.54. The maximum absolute atomic E-state index is 10.7. The zero-order chi connectivity index (χ0) is 14.4. The SMILES string of the molecule is CC(Cc1cccc(OCc2ccccc2)c1)[N+](=O)[O-]. The van der Waals surface area contributed by atoms with Gasteiger partial charge in [0.25, 0.3) is 0 Å². The van der Waals surface area contributed by atoms with Crippen molar-refractivity contribution < 1.29 is 9.66 Å². The summed E-state index contributed by atoms with van der Waals surface area (Å²) in [7, 11) is 0. The van der Waals surface area contributed by atoms with Gasteiger partial charge in [0.1, 0.15) is 12.4 Å². The van der Waals surface area contributed by atoms with Crippen molar-refractivity contribution in [2.75, 3.05) is 0 Å². The molecule has 1 atom stereocenters. The summed E-state index contributed by atoms with van der Waals surface area (Å²) in [5, 5.41) is 10.7. The molecule has 0 aromatic heterocycles. The van der Waals surface area contributed by atoms with Crippen molar-refractivity contribution in [3.05, 3.63) is 75.8 Å². The first-order chi connectivity index (χ1) is 9.65. The topological polar surface area (TPSA) is 52.4 Å². The van der Waals surface area contributed by atoms with E-state index < -0.39 is 6.04 Å². The molecule has 0 heterocycles. The van der Waals surface area contributed by atoms with Crippen molar-refractivity contribution in [1.29, 1.82) is 0 Å². The number of hydrogen-bond acceptors (Lipinski definition) is 3. The number of ether oxygens (including phenoxy) is 1. The lowest BCUT2D eigenvalue weighted by molar-refractivity contribution is -0.517. The molecule has 0 spiro atoms. The molecule has 20 heavy (non-hydrogen) atoms. The quantitative estimate of drug-likeness (QED) is 0.597. The number of benzene rings is 2. The van der Waals surface area contributed by atoms with Crippen LogP contribution in [0.25, 0.3) is 0 Å². The normalized spacial score (nSPS) is 11.8. The zero-order valence-corrected chi connectivity index (χ0v) is 11.4. The highest BCUT2D eigenvalue weighted by Crippen LogP contribution is 2.16. The molecule has 0 saturated heterocycles. The molecule has 0 radical (unpaired) electrons. The minimum Gasteiger partial charge on any atom is -0.489 e. The van der Waals surface area contributed by atoms with Gasteiger partial charge in [0.2, 0.25) is 6.04 Å². The van der Waals surface area contributed by atoms with E-state index in [9.17, 15) is 10.1 Å². The smallest absolute Gasteiger partial charge is 0.214 e. The van der Waals surface area contributed by atoms with Gasteiger partial charge in [-0.25, -0.2) is 0 Å². The fourth-order valence-corrected chi connectivity index (χ4v) is 1.92. The second-order valence-corrected chi connectivity index (χ2v) is 4.76. The van der Waals surface area contributed by atoms with E-state index >= 15 is 0 Å². The highest BCUT2D eigenvalue weighted by molar-refractivity contribution is 5.29. The summed E-state index contributed by atoms with van der Waals surface area (Å²) in [5.41, 5.74) is 2.01. The van der Waals surface area contributed by atoms with Crippen molar-refractivity contribution >= 4 is 0 Å². The average Bonchev–Trinajstić information content (AvgIpc) is 2.46. The molecule has 0 aliphatic rings. The molecule has 0 saturated carbocycles. The van der Waals surface area contributed by atoms with Crippen LogP contribution in [-0.4, -0.2) is 11.0 Å². The van der Waals surface area contributed by atoms with Crippen LogP contribution in [0.2, 0.25) is 0 Å². The zero-order valence-electron chi connectivity index (χ0n) is 11.4. The van der Waals surface area contributed by atoms with E-state index in [-0.39, 0.29) is 4.92 Å². The predicted molar refractivity (Wildman–Crippen MR) is 77.4 cm³/mol. The van der Waals surface area contributed by atoms with Crippen LogP contribution in [0.4, 0.5) is 0 Å². The molecule has 2 aromatic rings. The van der Waals surface area contributed by atoms with Crippen LogP contribution in [-0.2, 0) is 13.0 Å². The summed E-state index contributed by atoms with van der Waals surface area (Å²) in [5.74, 6) is 0.738. The van der Waals surface area contributed by atoms with Crippen molar-refractivity contribution in [2.45, 2.75) is 26.0 Å². The third kappa shape index (κ3) is 4.09. The Labute approximate surface area is 118 Å². The summed E-state index contributed by atoms with van der Waals surface area (Å²) < 4.78 is 5.70. The summed E-state index contributed by atoms with van der Waals surface area (Å²) in [6.07, 6.45) is 0.412. The first-order valence-corrected chi connectivity index (χ1v) is 6.54. The third-order valence-corrected chi connectivity index (χ3v) is 3.04. The molecule has 0 amide bonds. The van der Waals surface area contributed by atoms with E-state index in [1.54, 1.807) is 6.92 Å². The van der Waals surface area contributed by atoms with Gasteiger partial charge < -0.3 is 4.74 Å². The molecule has 0 aliphatic carbocycles. The largest absolute Gasteiger partial charge is 0.489 e. The summed E-state index contributed by atoms with van der Waals surface area (Å²) in [6.45, 7) is 2.10. The van der Waals surface area contributed by atoms with Crippen LogP contribution in [0.5, 0.6) is 5.75 Å². The van der Waals surface area contributed by atoms with Gasteiger partial charge in [-0.1, -0.05) is 42.5 Å². The van der Waals surface area contributed by atoms with Crippen LogP contribution in [0.15, 0.2) is 54.6 Å². The van der Waals surface area contributed by atoms with Gasteiger partial charge in [-0.05, 0) is 23.3 Å². The van der Waals surface area contributed by atoms with Crippen LogP contribution < -0.4 is 4.74 Å². The van der Waals surface area contributed by atoms with Crippen LogP contribution in [0.1, 0.15) is 18.1 Å². The molecule has 1 unspecified atom stereocenters. The van der Waals surface area contributed by atoms with Gasteiger partial charge in [-0.3, -0.25) is 10.1 Å². The monoisotopic (exact) mass is 271 g/mol. The van der Waals surface area contributed by atoms with Crippen molar-refractivity contribution in [2.24, 2.45) is 0 Å². The lowest BCUT2D eigenvalue weighted by Crippen LogP contribution is -2.17. The fourth-order valence-electron chi connectivity index (χ4n) is 1.92. The predicted octanol–water partition coefficient (Wildman–Crippen LogP) is 3.47. The number of nitro groups is 1. The van der Waals surface area contributed by atoms with Gasteiger partial charge in [0, 0.05) is 18.3 Å². The Bertz CT molecular complexity index is 569. The summed E-state index contributed by atoms with van der Waals surface area (Å²) in [4.78, 5) is 10.4. The molecule has 0 N–H and O–H groups in total. The third-order valence-electron chi connectivity index (χ3n) is 3.04. The van der Waals surface area contributed by atoms with E-state index in [1.807, 2.05) is 54.6 Å². The Kier molecular flexibility index (Phi) is 4.71. The van der Waals surface area contributed by atoms with Gasteiger partial charge in [-0.2, -0.15) is 0 Å². The Morgan fingerprint density at radius 3 is 2.50 bits per heavy atom. The highest BCUT2D eigenvalue weighted by atomic mass is 16.6. The molecule has 2 rings (SSSR count). The fraction of sp³-hybridized carbons (Fsp3) is 0.250. The van der Waals surface area contributed by atoms with Gasteiger partial charge in [-0.15, -0.1) is 0 Å². The van der Waals surface area contributed by atoms with Crippen LogP contribution >= 0.6 is 0 Å². The Morgan fingerprint density at radius 1 is 1.10 bits per heavy atom. The second kappa shape index (κ2) is 6.70. The van der Waals surface area contributed by atoms with Gasteiger partial charge in [0.05, 0.1) is 0 Å². The summed E-state index contributed by atoms with van der Waals surface area (Å²) >= 11 is 0. The lowest BCUT2D eigenvalue weighted by atomic mass is 10.1. The molecule has 0 aliphatic heterocycles. The minimum absolute atomic E-state index is 0.266. The maximum Gasteiger partial charge on any atom is 0.214 e. The van der Waals surface area contributed by atoms with Crippen LogP contribution in [0.3, 0.4) is 0 Å². The number of nitrogens with zero attached hydrogens (tertiary/aromatic N) is 1. The molecular weight excluding hydrogens is 254 g/mol. The van der Waals surface area contributed by atoms with Crippen molar-refractivity contribution in [3.63, 3.8) is 0 Å². The Morgan fingerprint density at radius 2 is 1.80 bits per heavy atom. The standard InChI is InChI=1S/C16H17NO3/c1-13(17(18)19)10-15-8-5-9-16(11-15)20-12-14-6-3-2-4-7-14/h2-9,11,13H,10,12H2,1H3. The Balaban J connectivity index is 1.97. The van der Waals surface area contributed by atoms with Crippen LogP contribution in [0, 0.1) is 10.1 Å². The Hall–Kier alpha value is -2.36. The average molecular weight is 271 g/mol. The van der Waals surface area contributed by atoms with E-state index in [4.69, 9.17) is 4.74 Å². The summed E-state index contributed by atoms with van der Waals surface area (Å²) in [6, 6.07) is 16.8. The van der Waals surface area contributed by atoms with Gasteiger partial charge >= 0.3 is 0 Å². The second-order valence-electron chi connectivity index (χ2n) is 4.76. The highest BCUT2D eigenvalue weighted by Gasteiger charge is 2.13. The van der Waals surface area contributed by atoms with E-state index in [2.05, 4.69) is 0 Å². The van der Waals surface area contributed by atoms with Crippen molar-refractivity contribution in [1.82, 2.24) is 0 Å². The molecule has 2 aromatic carbocycles. The molecule has 4 heteroatoms. The molecule has 4 nitrogen and oxygen atoms in total. The van der Waals surface area contributed by atoms with Gasteiger partial charge in [0.15, 0.2) is 0 Å². The van der Waals surface area contributed by atoms with Crippen molar-refractivity contribution in [3.8, 4) is 5.75 Å². The van der Waals surface area contributed by atoms with E-state index in [0.717, 1.165) is 16.9 Å². The number of rotatable bonds is 6. The first kappa shape index (κ1) is 14.1. The minimum atomic E-state index is -0.584.